The summed E-state index contributed by atoms with van der Waals surface area (Å²) in [5.74, 6) is -0.176. The number of fused-ring (bicyclic) bond motifs is 2. The molecule has 1 aliphatic rings. The highest BCUT2D eigenvalue weighted by Gasteiger charge is 2.32. The summed E-state index contributed by atoms with van der Waals surface area (Å²) in [7, 11) is -0.224. The van der Waals surface area contributed by atoms with Gasteiger partial charge in [0, 0.05) is 43.2 Å². The zero-order valence-corrected chi connectivity index (χ0v) is 23.7. The van der Waals surface area contributed by atoms with E-state index >= 15 is 0 Å². The molecule has 0 aliphatic heterocycles. The largest absolute Gasteiger partial charge is 0.289 e. The summed E-state index contributed by atoms with van der Waals surface area (Å²) in [6.45, 7) is 6.57. The van der Waals surface area contributed by atoms with Crippen LogP contribution in [0.25, 0.3) is 0 Å². The summed E-state index contributed by atoms with van der Waals surface area (Å²) >= 11 is 1.60. The molecular weight excluding hydrogens is 517 g/mol. The lowest BCUT2D eigenvalue weighted by atomic mass is 9.84. The fourth-order valence-electron chi connectivity index (χ4n) is 5.34. The van der Waals surface area contributed by atoms with E-state index in [0.717, 1.165) is 9.79 Å². The van der Waals surface area contributed by atoms with Gasteiger partial charge in [0.25, 0.3) is 0 Å². The molecule has 5 aromatic rings. The Morgan fingerprint density at radius 3 is 1.67 bits per heavy atom. The van der Waals surface area contributed by atoms with Gasteiger partial charge in [-0.2, -0.15) is 0 Å². The van der Waals surface area contributed by atoms with Crippen LogP contribution in [0, 0.1) is 20.8 Å². The lowest BCUT2D eigenvalue weighted by Crippen LogP contribution is -2.20. The third-order valence-corrected chi connectivity index (χ3v) is 10.5. The molecule has 4 heteroatoms. The van der Waals surface area contributed by atoms with E-state index in [1.165, 1.54) is 31.4 Å². The van der Waals surface area contributed by atoms with Gasteiger partial charge in [-0.25, -0.2) is 0 Å². The maximum absolute atomic E-state index is 13.2. The molecule has 1 unspecified atom stereocenters. The number of aryl methyl sites for hydroxylation is 3. The molecule has 2 nitrogen and oxygen atoms in total. The quantitative estimate of drug-likeness (QED) is 0.204. The van der Waals surface area contributed by atoms with Crippen molar-refractivity contribution in [3.63, 3.8) is 0 Å². The van der Waals surface area contributed by atoms with Gasteiger partial charge in [0.05, 0.1) is 10.9 Å². The molecule has 0 saturated heterocycles. The predicted octanol–water partition coefficient (Wildman–Crippen LogP) is 8.63. The van der Waals surface area contributed by atoms with Crippen LogP contribution in [0.15, 0.2) is 134 Å². The average Bonchev–Trinajstić information content (AvgIpc) is 2.94. The van der Waals surface area contributed by atoms with Gasteiger partial charge in [-0.05, 0) is 75.4 Å². The molecule has 0 aromatic heterocycles. The average molecular weight is 544 g/mol. The number of carbonyl (C=O) groups excluding carboxylic acids is 2. The number of benzene rings is 5. The molecule has 0 heterocycles. The van der Waals surface area contributed by atoms with Crippen molar-refractivity contribution in [2.75, 3.05) is 0 Å². The lowest BCUT2D eigenvalue weighted by molar-refractivity contribution is 0.0979. The van der Waals surface area contributed by atoms with E-state index in [4.69, 9.17) is 0 Å². The Morgan fingerprint density at radius 2 is 1.03 bits per heavy atom. The van der Waals surface area contributed by atoms with Crippen molar-refractivity contribution in [1.82, 2.24) is 0 Å². The van der Waals surface area contributed by atoms with Crippen molar-refractivity contribution < 1.29 is 9.59 Å². The molecule has 0 fully saturated rings. The SMILES string of the molecule is Cc1cc(C)c([S+](c2ccccc2)c2ccc(Sc3ccc4c(c3)C(=O)c3ccccc3C4=O)cc2)c(C)c1. The fraction of sp³-hybridized carbons (Fsp3) is 0.0857. The highest BCUT2D eigenvalue weighted by molar-refractivity contribution is 7.99. The van der Waals surface area contributed by atoms with Crippen LogP contribution in [0.1, 0.15) is 48.5 Å². The van der Waals surface area contributed by atoms with Gasteiger partial charge in [-0.15, -0.1) is 0 Å². The zero-order chi connectivity index (χ0) is 27.1. The Balaban J connectivity index is 1.32. The summed E-state index contributed by atoms with van der Waals surface area (Å²) in [4.78, 5) is 32.1. The molecule has 0 amide bonds. The molecule has 1 atom stereocenters. The van der Waals surface area contributed by atoms with Crippen LogP contribution in [0.4, 0.5) is 0 Å². The van der Waals surface area contributed by atoms with Gasteiger partial charge in [0.1, 0.15) is 0 Å². The smallest absolute Gasteiger partial charge is 0.194 e. The number of hydrogen-bond donors (Lipinski definition) is 0. The monoisotopic (exact) mass is 543 g/mol. The van der Waals surface area contributed by atoms with Crippen molar-refractivity contribution in [3.05, 3.63) is 148 Å². The highest BCUT2D eigenvalue weighted by Crippen LogP contribution is 2.38. The Bertz CT molecular complexity index is 1710. The number of hydrogen-bond acceptors (Lipinski definition) is 3. The van der Waals surface area contributed by atoms with Crippen LogP contribution in [0.2, 0.25) is 0 Å². The second-order valence-electron chi connectivity index (χ2n) is 9.83. The van der Waals surface area contributed by atoms with E-state index < -0.39 is 0 Å². The minimum atomic E-state index is -0.224. The molecule has 190 valence electrons. The van der Waals surface area contributed by atoms with E-state index in [-0.39, 0.29) is 22.5 Å². The van der Waals surface area contributed by atoms with Crippen molar-refractivity contribution in [1.29, 1.82) is 0 Å². The number of carbonyl (C=O) groups is 2. The van der Waals surface area contributed by atoms with Crippen LogP contribution < -0.4 is 0 Å². The normalized spacial score (nSPS) is 13.1. The summed E-state index contributed by atoms with van der Waals surface area (Å²) in [6.07, 6.45) is 0. The van der Waals surface area contributed by atoms with Gasteiger partial charge in [-0.3, -0.25) is 9.59 Å². The fourth-order valence-corrected chi connectivity index (χ4v) is 8.54. The molecule has 0 N–H and O–H groups in total. The Labute approximate surface area is 236 Å². The van der Waals surface area contributed by atoms with E-state index in [2.05, 4.69) is 87.5 Å². The summed E-state index contributed by atoms with van der Waals surface area (Å²) in [5, 5.41) is 0. The minimum Gasteiger partial charge on any atom is -0.289 e. The topological polar surface area (TPSA) is 34.1 Å². The summed E-state index contributed by atoms with van der Waals surface area (Å²) in [5.41, 5.74) is 5.84. The van der Waals surface area contributed by atoms with Gasteiger partial charge in [0.2, 0.25) is 0 Å². The Morgan fingerprint density at radius 1 is 0.513 bits per heavy atom. The van der Waals surface area contributed by atoms with Gasteiger partial charge in [0.15, 0.2) is 26.3 Å². The van der Waals surface area contributed by atoms with E-state index in [1.807, 2.05) is 12.1 Å². The van der Waals surface area contributed by atoms with Crippen molar-refractivity contribution >= 4 is 34.2 Å². The van der Waals surface area contributed by atoms with E-state index in [0.29, 0.717) is 22.3 Å². The maximum Gasteiger partial charge on any atom is 0.194 e. The highest BCUT2D eigenvalue weighted by atomic mass is 32.2. The van der Waals surface area contributed by atoms with Crippen molar-refractivity contribution in [2.24, 2.45) is 0 Å². The van der Waals surface area contributed by atoms with E-state index in [9.17, 15) is 9.59 Å². The summed E-state index contributed by atoms with van der Waals surface area (Å²) < 4.78 is 0. The summed E-state index contributed by atoms with van der Waals surface area (Å²) in [6, 6.07) is 36.7. The molecule has 0 saturated carbocycles. The minimum absolute atomic E-state index is 0.0873. The van der Waals surface area contributed by atoms with Crippen LogP contribution in [0.3, 0.4) is 0 Å². The number of rotatable bonds is 5. The first kappa shape index (κ1) is 25.4. The standard InChI is InChI=1S/C35H27O2S2/c1-22-19-23(2)35(24(3)20-22)39(27-9-5-4-6-10-27)28-16-13-25(14-17-28)38-26-15-18-31-32(21-26)34(37)30-12-8-7-11-29(30)33(31)36/h4-21H,1-3H3/q+1. The third kappa shape index (κ3) is 4.75. The van der Waals surface area contributed by atoms with Crippen LogP contribution in [-0.2, 0) is 10.9 Å². The Kier molecular flexibility index (Phi) is 6.76. The molecule has 0 radical (unpaired) electrons. The number of ketones is 2. The first-order valence-corrected chi connectivity index (χ1v) is 14.9. The molecule has 0 bridgehead atoms. The first-order valence-electron chi connectivity index (χ1n) is 12.9. The molecular formula is C35H27O2S2+. The predicted molar refractivity (Wildman–Crippen MR) is 160 cm³/mol. The molecule has 39 heavy (non-hydrogen) atoms. The van der Waals surface area contributed by atoms with Crippen LogP contribution >= 0.6 is 11.8 Å². The molecule has 6 rings (SSSR count). The van der Waals surface area contributed by atoms with Gasteiger partial charge in [-0.1, -0.05) is 71.9 Å². The van der Waals surface area contributed by atoms with Gasteiger partial charge >= 0.3 is 0 Å². The second-order valence-corrected chi connectivity index (χ2v) is 12.9. The van der Waals surface area contributed by atoms with Crippen molar-refractivity contribution in [3.8, 4) is 0 Å². The lowest BCUT2D eigenvalue weighted by Gasteiger charge is -2.18. The Hall–Kier alpha value is -3.86. The van der Waals surface area contributed by atoms with Crippen molar-refractivity contribution in [2.45, 2.75) is 45.2 Å². The molecule has 1 aliphatic carbocycles. The molecule has 5 aromatic carbocycles. The van der Waals surface area contributed by atoms with E-state index in [1.54, 1.807) is 42.1 Å². The van der Waals surface area contributed by atoms with Crippen LogP contribution in [0.5, 0.6) is 0 Å². The first-order chi connectivity index (χ1) is 18.9. The zero-order valence-electron chi connectivity index (χ0n) is 22.0. The van der Waals surface area contributed by atoms with Crippen LogP contribution in [-0.4, -0.2) is 11.6 Å². The molecule has 0 spiro atoms. The third-order valence-electron chi connectivity index (χ3n) is 6.98. The second kappa shape index (κ2) is 10.4. The maximum atomic E-state index is 13.2. The van der Waals surface area contributed by atoms with Gasteiger partial charge < -0.3 is 0 Å².